The summed E-state index contributed by atoms with van der Waals surface area (Å²) in [5.74, 6) is -0.520. The summed E-state index contributed by atoms with van der Waals surface area (Å²) >= 11 is 0. The maximum Gasteiger partial charge on any atom is 0.371 e. The van der Waals surface area contributed by atoms with Crippen molar-refractivity contribution in [2.45, 2.75) is 38.8 Å². The molecule has 17 heavy (non-hydrogen) atoms. The summed E-state index contributed by atoms with van der Waals surface area (Å²) in [5, 5.41) is 20.9. The molecular formula is C12H19NO4. The van der Waals surface area contributed by atoms with E-state index in [0.717, 1.165) is 6.42 Å². The zero-order valence-electron chi connectivity index (χ0n) is 10.1. The third kappa shape index (κ3) is 3.87. The van der Waals surface area contributed by atoms with E-state index >= 15 is 0 Å². The minimum absolute atomic E-state index is 0.0520. The van der Waals surface area contributed by atoms with Crippen LogP contribution in [-0.2, 0) is 0 Å². The fourth-order valence-corrected chi connectivity index (χ4v) is 1.70. The van der Waals surface area contributed by atoms with Crippen molar-refractivity contribution in [3.05, 3.63) is 23.7 Å². The quantitative estimate of drug-likeness (QED) is 0.678. The van der Waals surface area contributed by atoms with Gasteiger partial charge in [0.1, 0.15) is 5.76 Å². The molecule has 3 N–H and O–H groups in total. The van der Waals surface area contributed by atoms with Crippen molar-refractivity contribution in [2.75, 3.05) is 6.61 Å². The normalized spacial score (nSPS) is 14.5. The van der Waals surface area contributed by atoms with Crippen molar-refractivity contribution in [2.24, 2.45) is 0 Å². The molecule has 0 fully saturated rings. The van der Waals surface area contributed by atoms with Gasteiger partial charge in [0, 0.05) is 12.6 Å². The van der Waals surface area contributed by atoms with E-state index in [4.69, 9.17) is 14.6 Å². The number of carboxylic acids is 1. The fourth-order valence-electron chi connectivity index (χ4n) is 1.70. The van der Waals surface area contributed by atoms with E-state index in [1.165, 1.54) is 6.07 Å². The second kappa shape index (κ2) is 6.42. The Morgan fingerprint density at radius 2 is 2.24 bits per heavy atom. The van der Waals surface area contributed by atoms with Crippen LogP contribution >= 0.6 is 0 Å². The van der Waals surface area contributed by atoms with Crippen LogP contribution in [-0.4, -0.2) is 28.8 Å². The molecule has 1 heterocycles. The van der Waals surface area contributed by atoms with Gasteiger partial charge in [-0.15, -0.1) is 0 Å². The van der Waals surface area contributed by atoms with Crippen LogP contribution in [0, 0.1) is 0 Å². The first kappa shape index (κ1) is 13.7. The molecule has 5 heteroatoms. The van der Waals surface area contributed by atoms with E-state index in [0.29, 0.717) is 12.2 Å². The molecule has 2 atom stereocenters. The molecule has 0 bridgehead atoms. The number of aliphatic hydroxyl groups is 1. The van der Waals surface area contributed by atoms with Gasteiger partial charge in [-0.25, -0.2) is 4.79 Å². The maximum absolute atomic E-state index is 10.7. The van der Waals surface area contributed by atoms with Crippen LogP contribution in [0.4, 0.5) is 0 Å². The average Bonchev–Trinajstić information content (AvgIpc) is 2.77. The van der Waals surface area contributed by atoms with Crippen molar-refractivity contribution >= 4 is 5.97 Å². The molecule has 0 aliphatic carbocycles. The Kier molecular flexibility index (Phi) is 5.18. The first-order chi connectivity index (χ1) is 8.08. The highest BCUT2D eigenvalue weighted by atomic mass is 16.4. The molecule has 0 saturated carbocycles. The lowest BCUT2D eigenvalue weighted by Crippen LogP contribution is -2.31. The zero-order chi connectivity index (χ0) is 12.8. The lowest BCUT2D eigenvalue weighted by Gasteiger charge is -2.20. The summed E-state index contributed by atoms with van der Waals surface area (Å²) in [6.07, 6.45) is 1.57. The zero-order valence-corrected chi connectivity index (χ0v) is 10.1. The van der Waals surface area contributed by atoms with Crippen LogP contribution in [0.2, 0.25) is 0 Å². The van der Waals surface area contributed by atoms with Crippen molar-refractivity contribution in [3.63, 3.8) is 0 Å². The van der Waals surface area contributed by atoms with E-state index in [9.17, 15) is 4.79 Å². The van der Waals surface area contributed by atoms with E-state index in [1.54, 1.807) is 6.07 Å². The van der Waals surface area contributed by atoms with Crippen molar-refractivity contribution in [3.8, 4) is 0 Å². The van der Waals surface area contributed by atoms with E-state index in [1.807, 2.05) is 13.8 Å². The number of hydrogen-bond donors (Lipinski definition) is 3. The number of aliphatic hydroxyl groups excluding tert-OH is 1. The number of furan rings is 1. The largest absolute Gasteiger partial charge is 0.475 e. The topological polar surface area (TPSA) is 82.7 Å². The van der Waals surface area contributed by atoms with Gasteiger partial charge in [0.2, 0.25) is 5.76 Å². The molecule has 5 nitrogen and oxygen atoms in total. The summed E-state index contributed by atoms with van der Waals surface area (Å²) in [7, 11) is 0. The molecule has 0 radical (unpaired) electrons. The van der Waals surface area contributed by atoms with Crippen LogP contribution in [0.3, 0.4) is 0 Å². The predicted molar refractivity (Wildman–Crippen MR) is 63.0 cm³/mol. The highest BCUT2D eigenvalue weighted by Crippen LogP contribution is 2.17. The molecule has 2 unspecified atom stereocenters. The van der Waals surface area contributed by atoms with E-state index < -0.39 is 5.97 Å². The number of hydrogen-bond acceptors (Lipinski definition) is 4. The van der Waals surface area contributed by atoms with Crippen LogP contribution in [0.5, 0.6) is 0 Å². The lowest BCUT2D eigenvalue weighted by atomic mass is 10.1. The Hall–Kier alpha value is -1.33. The molecule has 1 aromatic heterocycles. The summed E-state index contributed by atoms with van der Waals surface area (Å²) in [5.41, 5.74) is 0. The van der Waals surface area contributed by atoms with E-state index in [2.05, 4.69) is 5.32 Å². The van der Waals surface area contributed by atoms with Gasteiger partial charge in [-0.1, -0.05) is 6.92 Å². The summed E-state index contributed by atoms with van der Waals surface area (Å²) in [6.45, 7) is 4.08. The molecule has 96 valence electrons. The standard InChI is InChI=1S/C12H19NO4/c1-3-9(6-7-14)13-8(2)10-4-5-11(17-10)12(15)16/h4-5,8-9,13-14H,3,6-7H2,1-2H3,(H,15,16). The van der Waals surface area contributed by atoms with Crippen LogP contribution < -0.4 is 5.32 Å². The van der Waals surface area contributed by atoms with Gasteiger partial charge < -0.3 is 19.9 Å². The fraction of sp³-hybridized carbons (Fsp3) is 0.583. The monoisotopic (exact) mass is 241 g/mol. The molecule has 0 aliphatic heterocycles. The molecule has 0 aliphatic rings. The van der Waals surface area contributed by atoms with Crippen LogP contribution in [0.1, 0.15) is 49.0 Å². The minimum Gasteiger partial charge on any atom is -0.475 e. The smallest absolute Gasteiger partial charge is 0.371 e. The average molecular weight is 241 g/mol. The van der Waals surface area contributed by atoms with Crippen LogP contribution in [0.25, 0.3) is 0 Å². The van der Waals surface area contributed by atoms with Crippen molar-refractivity contribution in [1.29, 1.82) is 0 Å². The maximum atomic E-state index is 10.7. The molecule has 1 aromatic rings. The number of carboxylic acid groups (broad SMARTS) is 1. The Morgan fingerprint density at radius 3 is 2.71 bits per heavy atom. The summed E-state index contributed by atoms with van der Waals surface area (Å²) < 4.78 is 5.21. The second-order valence-electron chi connectivity index (χ2n) is 4.01. The third-order valence-corrected chi connectivity index (χ3v) is 2.72. The summed E-state index contributed by atoms with van der Waals surface area (Å²) in [4.78, 5) is 10.7. The van der Waals surface area contributed by atoms with Gasteiger partial charge in [0.05, 0.1) is 6.04 Å². The highest BCUT2D eigenvalue weighted by molar-refractivity contribution is 5.84. The SMILES string of the molecule is CCC(CCO)NC(C)c1ccc(C(=O)O)o1. The first-order valence-corrected chi connectivity index (χ1v) is 5.78. The highest BCUT2D eigenvalue weighted by Gasteiger charge is 2.16. The van der Waals surface area contributed by atoms with Crippen molar-refractivity contribution < 1.29 is 19.4 Å². The van der Waals surface area contributed by atoms with Gasteiger partial charge in [-0.3, -0.25) is 0 Å². The predicted octanol–water partition coefficient (Wildman–Crippen LogP) is 1.79. The van der Waals surface area contributed by atoms with Crippen LogP contribution in [0.15, 0.2) is 16.5 Å². The van der Waals surface area contributed by atoms with Crippen molar-refractivity contribution in [1.82, 2.24) is 5.32 Å². The van der Waals surface area contributed by atoms with Gasteiger partial charge in [-0.2, -0.15) is 0 Å². The molecule has 0 saturated heterocycles. The first-order valence-electron chi connectivity index (χ1n) is 5.78. The second-order valence-corrected chi connectivity index (χ2v) is 4.01. The molecular weight excluding hydrogens is 222 g/mol. The molecule has 0 amide bonds. The van der Waals surface area contributed by atoms with Gasteiger partial charge in [0.25, 0.3) is 0 Å². The van der Waals surface area contributed by atoms with Gasteiger partial charge >= 0.3 is 5.97 Å². The Morgan fingerprint density at radius 1 is 1.53 bits per heavy atom. The number of aromatic carboxylic acids is 1. The Bertz CT molecular complexity index is 361. The molecule has 0 spiro atoms. The Labute approximate surface area is 100 Å². The summed E-state index contributed by atoms with van der Waals surface area (Å²) in [6, 6.07) is 3.24. The lowest BCUT2D eigenvalue weighted by molar-refractivity contribution is 0.0659. The van der Waals surface area contributed by atoms with Gasteiger partial charge in [0.15, 0.2) is 0 Å². The number of nitrogens with one attached hydrogen (secondary N) is 1. The molecule has 0 aromatic carbocycles. The molecule has 1 rings (SSSR count). The van der Waals surface area contributed by atoms with E-state index in [-0.39, 0.29) is 24.5 Å². The van der Waals surface area contributed by atoms with Gasteiger partial charge in [-0.05, 0) is 31.9 Å². The number of rotatable bonds is 7. The minimum atomic E-state index is -1.06. The number of carbonyl (C=O) groups is 1. The third-order valence-electron chi connectivity index (χ3n) is 2.72. The Balaban J connectivity index is 2.61.